The van der Waals surface area contributed by atoms with E-state index in [4.69, 9.17) is 11.6 Å². The largest absolute Gasteiger partial charge is 0.465 e. The first kappa shape index (κ1) is 32.3. The zero-order valence-electron chi connectivity index (χ0n) is 23.2. The number of piperazine rings is 1. The minimum absolute atomic E-state index is 0.0920. The monoisotopic (exact) mass is 628 g/mol. The maximum Gasteiger partial charge on any atom is 0.415 e. The Hall–Kier alpha value is -3.62. The average Bonchev–Trinajstić information content (AvgIpc) is 2.96. The van der Waals surface area contributed by atoms with Crippen LogP contribution in [0, 0.1) is 5.82 Å². The molecule has 2 saturated heterocycles. The number of nitrogens with zero attached hydrogens (tertiary/aromatic N) is 3. The number of hydrogen-bond donors (Lipinski definition) is 4. The Morgan fingerprint density at radius 2 is 1.84 bits per heavy atom. The molecule has 0 saturated carbocycles. The van der Waals surface area contributed by atoms with Crippen molar-refractivity contribution in [1.29, 1.82) is 0 Å². The second kappa shape index (κ2) is 14.2. The lowest BCUT2D eigenvalue weighted by atomic mass is 10.1. The fraction of sp³-hybridized carbons (Fsp3) is 0.464. The van der Waals surface area contributed by atoms with Crippen LogP contribution in [0.2, 0.25) is 5.02 Å². The van der Waals surface area contributed by atoms with Crippen LogP contribution in [0.4, 0.5) is 38.5 Å². The zero-order chi connectivity index (χ0) is 31.1. The van der Waals surface area contributed by atoms with Crippen LogP contribution < -0.4 is 20.9 Å². The maximum atomic E-state index is 15.0. The molecule has 4 rings (SSSR count). The molecule has 10 nitrogen and oxygen atoms in total. The zero-order valence-corrected chi connectivity index (χ0v) is 24.0. The number of nitrogens with one attached hydrogen (secondary N) is 3. The Labute approximate surface area is 250 Å². The summed E-state index contributed by atoms with van der Waals surface area (Å²) in [6.07, 6.45) is -5.22. The number of carbonyl (C=O) groups excluding carboxylic acids is 2. The molecule has 0 bridgehead atoms. The summed E-state index contributed by atoms with van der Waals surface area (Å²) in [5.41, 5.74) is 0.991. The molecule has 2 fully saturated rings. The lowest BCUT2D eigenvalue weighted by Crippen LogP contribution is -2.54. The summed E-state index contributed by atoms with van der Waals surface area (Å²) in [6, 6.07) is 7.25. The molecule has 0 radical (unpaired) electrons. The quantitative estimate of drug-likeness (QED) is 0.312. The molecule has 0 spiro atoms. The van der Waals surface area contributed by atoms with Crippen molar-refractivity contribution in [3.63, 3.8) is 0 Å². The van der Waals surface area contributed by atoms with Gasteiger partial charge in [0, 0.05) is 50.8 Å². The van der Waals surface area contributed by atoms with E-state index in [-0.39, 0.29) is 18.7 Å². The third-order valence-electron chi connectivity index (χ3n) is 7.42. The minimum Gasteiger partial charge on any atom is -0.465 e. The SMILES string of the molecule is O=C(Nc1ccc(Cl)cc1N1CCN(CCC(F)(F)F)CC1)c1ccc(CNC(=O)N(C(=O)O)C2CCCNC2)cc1F. The molecule has 4 amide bonds. The van der Waals surface area contributed by atoms with Gasteiger partial charge in [-0.05, 0) is 55.3 Å². The second-order valence-electron chi connectivity index (χ2n) is 10.4. The highest BCUT2D eigenvalue weighted by Gasteiger charge is 2.31. The summed E-state index contributed by atoms with van der Waals surface area (Å²) in [7, 11) is 0. The summed E-state index contributed by atoms with van der Waals surface area (Å²) in [4.78, 5) is 41.7. The van der Waals surface area contributed by atoms with Gasteiger partial charge in [-0.25, -0.2) is 18.9 Å². The minimum atomic E-state index is -4.23. The first-order valence-electron chi connectivity index (χ1n) is 13.9. The predicted molar refractivity (Wildman–Crippen MR) is 153 cm³/mol. The van der Waals surface area contributed by atoms with Crippen LogP contribution in [0.5, 0.6) is 0 Å². The van der Waals surface area contributed by atoms with E-state index < -0.39 is 42.5 Å². The molecule has 0 aliphatic carbocycles. The van der Waals surface area contributed by atoms with Crippen LogP contribution >= 0.6 is 11.6 Å². The number of piperidine rings is 1. The first-order chi connectivity index (χ1) is 20.4. The second-order valence-corrected chi connectivity index (χ2v) is 10.9. The summed E-state index contributed by atoms with van der Waals surface area (Å²) < 4.78 is 52.8. The number of hydrogen-bond acceptors (Lipinski definition) is 6. The number of carboxylic acid groups (broad SMARTS) is 1. The molecule has 0 aromatic heterocycles. The Morgan fingerprint density at radius 3 is 2.47 bits per heavy atom. The van der Waals surface area contributed by atoms with Crippen molar-refractivity contribution in [3.05, 3.63) is 58.4 Å². The molecule has 2 aliphatic heterocycles. The smallest absolute Gasteiger partial charge is 0.415 e. The van der Waals surface area contributed by atoms with Gasteiger partial charge in [0.15, 0.2) is 0 Å². The van der Waals surface area contributed by atoms with Gasteiger partial charge in [0.1, 0.15) is 5.82 Å². The van der Waals surface area contributed by atoms with Crippen molar-refractivity contribution in [2.24, 2.45) is 0 Å². The molecule has 1 unspecified atom stereocenters. The van der Waals surface area contributed by atoms with Crippen molar-refractivity contribution >= 4 is 41.0 Å². The summed E-state index contributed by atoms with van der Waals surface area (Å²) in [5, 5.41) is 18.2. The molecule has 2 aromatic carbocycles. The average molecular weight is 629 g/mol. The van der Waals surface area contributed by atoms with Gasteiger partial charge >= 0.3 is 18.3 Å². The van der Waals surface area contributed by atoms with Gasteiger partial charge in [-0.15, -0.1) is 0 Å². The molecular weight excluding hydrogens is 596 g/mol. The number of urea groups is 1. The van der Waals surface area contributed by atoms with E-state index in [2.05, 4.69) is 16.0 Å². The van der Waals surface area contributed by atoms with Gasteiger partial charge in [-0.3, -0.25) is 9.69 Å². The number of imide groups is 1. The van der Waals surface area contributed by atoms with E-state index in [1.807, 2.05) is 4.90 Å². The predicted octanol–water partition coefficient (Wildman–Crippen LogP) is 4.75. The molecule has 43 heavy (non-hydrogen) atoms. The van der Waals surface area contributed by atoms with Crippen LogP contribution in [0.3, 0.4) is 0 Å². The van der Waals surface area contributed by atoms with Crippen molar-refractivity contribution in [2.45, 2.75) is 38.0 Å². The fourth-order valence-corrected chi connectivity index (χ4v) is 5.30. The Balaban J connectivity index is 1.37. The summed E-state index contributed by atoms with van der Waals surface area (Å²) >= 11 is 6.19. The van der Waals surface area contributed by atoms with Crippen molar-refractivity contribution < 1.29 is 37.1 Å². The highest BCUT2D eigenvalue weighted by molar-refractivity contribution is 6.31. The molecule has 2 aliphatic rings. The van der Waals surface area contributed by atoms with E-state index in [0.29, 0.717) is 61.1 Å². The number of rotatable bonds is 8. The van der Waals surface area contributed by atoms with Gasteiger partial charge in [-0.1, -0.05) is 17.7 Å². The van der Waals surface area contributed by atoms with E-state index in [0.717, 1.165) is 23.9 Å². The maximum absolute atomic E-state index is 15.0. The van der Waals surface area contributed by atoms with Crippen LogP contribution in [0.25, 0.3) is 0 Å². The van der Waals surface area contributed by atoms with E-state index >= 15 is 4.39 Å². The lowest BCUT2D eigenvalue weighted by molar-refractivity contribution is -0.138. The van der Waals surface area contributed by atoms with Gasteiger partial charge in [0.2, 0.25) is 0 Å². The molecular formula is C28H33ClF4N6O4. The molecule has 4 N–H and O–H groups in total. The number of benzene rings is 2. The van der Waals surface area contributed by atoms with E-state index in [1.54, 1.807) is 23.1 Å². The normalized spacial score (nSPS) is 17.8. The standard InChI is InChI=1S/C28H33ClF4N6O4/c29-19-4-6-23(24(15-19)38-12-10-37(11-13-38)9-7-28(31,32)33)36-25(40)21-5-3-18(14-22(21)30)16-35-26(41)39(27(42)43)20-2-1-8-34-17-20/h3-6,14-15,20,34H,1-2,7-13,16-17H2,(H,35,41)(H,36,40)(H,42,43). The number of alkyl halides is 3. The highest BCUT2D eigenvalue weighted by atomic mass is 35.5. The number of carbonyl (C=O) groups is 3. The van der Waals surface area contributed by atoms with Crippen molar-refractivity contribution in [3.8, 4) is 0 Å². The van der Waals surface area contributed by atoms with Crippen LogP contribution in [-0.4, -0.2) is 91.0 Å². The molecule has 234 valence electrons. The highest BCUT2D eigenvalue weighted by Crippen LogP contribution is 2.31. The van der Waals surface area contributed by atoms with Crippen LogP contribution in [0.15, 0.2) is 36.4 Å². The Kier molecular flexibility index (Phi) is 10.7. The van der Waals surface area contributed by atoms with Crippen molar-refractivity contribution in [2.75, 3.05) is 56.0 Å². The fourth-order valence-electron chi connectivity index (χ4n) is 5.14. The molecule has 15 heteroatoms. The van der Waals surface area contributed by atoms with Gasteiger partial charge in [0.05, 0.1) is 29.4 Å². The molecule has 2 heterocycles. The third-order valence-corrected chi connectivity index (χ3v) is 7.65. The van der Waals surface area contributed by atoms with E-state index in [9.17, 15) is 32.7 Å². The van der Waals surface area contributed by atoms with E-state index in [1.165, 1.54) is 12.1 Å². The van der Waals surface area contributed by atoms with Gasteiger partial charge in [-0.2, -0.15) is 13.2 Å². The number of anilines is 2. The van der Waals surface area contributed by atoms with Gasteiger partial charge in [0.25, 0.3) is 5.91 Å². The summed E-state index contributed by atoms with van der Waals surface area (Å²) in [5.74, 6) is -1.58. The number of amides is 4. The topological polar surface area (TPSA) is 117 Å². The molecule has 2 aromatic rings. The van der Waals surface area contributed by atoms with Crippen LogP contribution in [-0.2, 0) is 6.54 Å². The van der Waals surface area contributed by atoms with Crippen LogP contribution in [0.1, 0.15) is 35.2 Å². The van der Waals surface area contributed by atoms with Crippen molar-refractivity contribution in [1.82, 2.24) is 20.4 Å². The number of halogens is 5. The first-order valence-corrected chi connectivity index (χ1v) is 14.2. The Morgan fingerprint density at radius 1 is 1.09 bits per heavy atom. The van der Waals surface area contributed by atoms with Gasteiger partial charge < -0.3 is 26.0 Å². The molecule has 1 atom stereocenters. The third kappa shape index (κ3) is 8.94. The lowest BCUT2D eigenvalue weighted by Gasteiger charge is -2.37. The Bertz CT molecular complexity index is 1320. The summed E-state index contributed by atoms with van der Waals surface area (Å²) in [6.45, 7) is 2.46.